The molecule has 0 aliphatic carbocycles. The number of rotatable bonds is 11. The molecule has 0 heterocycles. The zero-order chi connectivity index (χ0) is 12.9. The predicted molar refractivity (Wildman–Crippen MR) is 69.9 cm³/mol. The highest BCUT2D eigenvalue weighted by Crippen LogP contribution is 2.10. The van der Waals surface area contributed by atoms with E-state index in [1.54, 1.807) is 0 Å². The van der Waals surface area contributed by atoms with Gasteiger partial charge in [-0.3, -0.25) is 4.79 Å². The average molecular weight is 244 g/mol. The highest BCUT2D eigenvalue weighted by atomic mass is 16.5. The Morgan fingerprint density at radius 2 is 1.59 bits per heavy atom. The van der Waals surface area contributed by atoms with E-state index in [2.05, 4.69) is 6.92 Å². The molecule has 0 saturated heterocycles. The molecule has 1 atom stereocenters. The predicted octanol–water partition coefficient (Wildman–Crippen LogP) is 3.44. The highest BCUT2D eigenvalue weighted by Gasteiger charge is 2.05. The lowest BCUT2D eigenvalue weighted by Gasteiger charge is -2.09. The van der Waals surface area contributed by atoms with Crippen LogP contribution >= 0.6 is 0 Å². The number of ether oxygens (including phenoxy) is 1. The molecular weight excluding hydrogens is 216 g/mol. The van der Waals surface area contributed by atoms with Crippen molar-refractivity contribution < 1.29 is 14.6 Å². The van der Waals surface area contributed by atoms with Gasteiger partial charge in [0.05, 0.1) is 6.10 Å². The normalized spacial score (nSPS) is 12.4. The van der Waals surface area contributed by atoms with Crippen molar-refractivity contribution >= 4 is 5.97 Å². The average Bonchev–Trinajstić information content (AvgIpc) is 2.30. The van der Waals surface area contributed by atoms with E-state index in [1.165, 1.54) is 51.9 Å². The van der Waals surface area contributed by atoms with Crippen LogP contribution in [0, 0.1) is 0 Å². The summed E-state index contributed by atoms with van der Waals surface area (Å²) in [4.78, 5) is 10.5. The van der Waals surface area contributed by atoms with Crippen molar-refractivity contribution in [2.75, 3.05) is 6.61 Å². The van der Waals surface area contributed by atoms with E-state index in [-0.39, 0.29) is 12.6 Å². The Morgan fingerprint density at radius 1 is 1.06 bits per heavy atom. The summed E-state index contributed by atoms with van der Waals surface area (Å²) in [5.41, 5.74) is 0. The quantitative estimate of drug-likeness (QED) is 0.447. The summed E-state index contributed by atoms with van der Waals surface area (Å²) in [6, 6.07) is 0. The molecule has 3 heteroatoms. The van der Waals surface area contributed by atoms with E-state index in [1.807, 2.05) is 0 Å². The van der Waals surface area contributed by atoms with Crippen LogP contribution < -0.4 is 0 Å². The molecular formula is C14H28O3. The number of unbranched alkanes of at least 4 members (excludes halogenated alkanes) is 7. The minimum absolute atomic E-state index is 0.145. The smallest absolute Gasteiger partial charge is 0.302 e. The van der Waals surface area contributed by atoms with Gasteiger partial charge in [0.15, 0.2) is 0 Å². The zero-order valence-electron chi connectivity index (χ0n) is 11.4. The summed E-state index contributed by atoms with van der Waals surface area (Å²) in [6.45, 7) is 3.74. The number of aliphatic hydroxyl groups is 1. The second kappa shape index (κ2) is 11.9. The van der Waals surface area contributed by atoms with Gasteiger partial charge in [-0.2, -0.15) is 0 Å². The Hall–Kier alpha value is -0.570. The fourth-order valence-electron chi connectivity index (χ4n) is 1.81. The van der Waals surface area contributed by atoms with E-state index < -0.39 is 6.10 Å². The van der Waals surface area contributed by atoms with Crippen LogP contribution in [0.1, 0.15) is 71.6 Å². The van der Waals surface area contributed by atoms with Crippen molar-refractivity contribution in [2.45, 2.75) is 77.7 Å². The number of aliphatic hydroxyl groups excluding tert-OH is 1. The molecule has 0 aliphatic rings. The van der Waals surface area contributed by atoms with Gasteiger partial charge in [-0.1, -0.05) is 58.3 Å². The first-order chi connectivity index (χ1) is 8.16. The van der Waals surface area contributed by atoms with Crippen LogP contribution in [0.3, 0.4) is 0 Å². The summed E-state index contributed by atoms with van der Waals surface area (Å²) in [7, 11) is 0. The SMILES string of the molecule is CCCCCCCCCCC(O)COC(C)=O. The lowest BCUT2D eigenvalue weighted by Crippen LogP contribution is -2.17. The molecule has 0 aromatic rings. The third kappa shape index (κ3) is 13.4. The second-order valence-corrected chi connectivity index (χ2v) is 4.72. The van der Waals surface area contributed by atoms with Gasteiger partial charge < -0.3 is 9.84 Å². The van der Waals surface area contributed by atoms with Crippen molar-refractivity contribution in [1.29, 1.82) is 0 Å². The maximum Gasteiger partial charge on any atom is 0.302 e. The minimum atomic E-state index is -0.487. The van der Waals surface area contributed by atoms with Gasteiger partial charge in [0, 0.05) is 6.92 Å². The van der Waals surface area contributed by atoms with Gasteiger partial charge >= 0.3 is 5.97 Å². The Bertz CT molecular complexity index is 180. The van der Waals surface area contributed by atoms with E-state index in [4.69, 9.17) is 4.74 Å². The molecule has 0 rings (SSSR count). The summed E-state index contributed by atoms with van der Waals surface area (Å²) in [5, 5.41) is 9.49. The molecule has 0 aliphatic heterocycles. The second-order valence-electron chi connectivity index (χ2n) is 4.72. The first-order valence-electron chi connectivity index (χ1n) is 6.98. The topological polar surface area (TPSA) is 46.5 Å². The number of hydrogen-bond acceptors (Lipinski definition) is 3. The maximum absolute atomic E-state index is 10.5. The molecule has 1 N–H and O–H groups in total. The van der Waals surface area contributed by atoms with Crippen molar-refractivity contribution in [3.8, 4) is 0 Å². The van der Waals surface area contributed by atoms with Gasteiger partial charge in [0.2, 0.25) is 0 Å². The zero-order valence-corrected chi connectivity index (χ0v) is 11.4. The van der Waals surface area contributed by atoms with Gasteiger partial charge in [0.1, 0.15) is 6.61 Å². The van der Waals surface area contributed by atoms with E-state index >= 15 is 0 Å². The summed E-state index contributed by atoms with van der Waals surface area (Å²) in [5.74, 6) is -0.319. The Kier molecular flexibility index (Phi) is 11.5. The number of carbonyl (C=O) groups is 1. The molecule has 0 aromatic heterocycles. The minimum Gasteiger partial charge on any atom is -0.463 e. The third-order valence-corrected chi connectivity index (χ3v) is 2.87. The van der Waals surface area contributed by atoms with E-state index in [9.17, 15) is 9.90 Å². The maximum atomic E-state index is 10.5. The molecule has 0 saturated carbocycles. The van der Waals surface area contributed by atoms with E-state index in [0.717, 1.165) is 12.8 Å². The molecule has 17 heavy (non-hydrogen) atoms. The number of hydrogen-bond donors (Lipinski definition) is 1. The summed E-state index contributed by atoms with van der Waals surface area (Å²) in [6.07, 6.45) is 10.3. The standard InChI is InChI=1S/C14H28O3/c1-3-4-5-6-7-8-9-10-11-14(16)12-17-13(2)15/h14,16H,3-12H2,1-2H3. The Labute approximate surface area is 106 Å². The molecule has 0 spiro atoms. The third-order valence-electron chi connectivity index (χ3n) is 2.87. The lowest BCUT2D eigenvalue weighted by atomic mass is 10.1. The largest absolute Gasteiger partial charge is 0.463 e. The molecule has 0 aromatic carbocycles. The van der Waals surface area contributed by atoms with Crippen molar-refractivity contribution in [2.24, 2.45) is 0 Å². The highest BCUT2D eigenvalue weighted by molar-refractivity contribution is 5.65. The Balaban J connectivity index is 3.13. The molecule has 102 valence electrons. The van der Waals surface area contributed by atoms with Gasteiger partial charge in [-0.25, -0.2) is 0 Å². The molecule has 0 fully saturated rings. The fourth-order valence-corrected chi connectivity index (χ4v) is 1.81. The molecule has 3 nitrogen and oxygen atoms in total. The molecule has 0 bridgehead atoms. The molecule has 1 unspecified atom stereocenters. The summed E-state index contributed by atoms with van der Waals surface area (Å²) < 4.78 is 4.74. The van der Waals surface area contributed by atoms with Crippen LogP contribution in [-0.4, -0.2) is 23.8 Å². The monoisotopic (exact) mass is 244 g/mol. The van der Waals surface area contributed by atoms with E-state index in [0.29, 0.717) is 0 Å². The molecule has 0 amide bonds. The van der Waals surface area contributed by atoms with Crippen LogP contribution in [0.5, 0.6) is 0 Å². The first-order valence-corrected chi connectivity index (χ1v) is 6.98. The molecule has 0 radical (unpaired) electrons. The van der Waals surface area contributed by atoms with Crippen molar-refractivity contribution in [1.82, 2.24) is 0 Å². The lowest BCUT2D eigenvalue weighted by molar-refractivity contribution is -0.144. The van der Waals surface area contributed by atoms with Gasteiger partial charge in [-0.05, 0) is 6.42 Å². The van der Waals surface area contributed by atoms with Crippen LogP contribution in [0.2, 0.25) is 0 Å². The van der Waals surface area contributed by atoms with Crippen LogP contribution in [0.4, 0.5) is 0 Å². The van der Waals surface area contributed by atoms with Crippen LogP contribution in [0.25, 0.3) is 0 Å². The fraction of sp³-hybridized carbons (Fsp3) is 0.929. The van der Waals surface area contributed by atoms with Crippen LogP contribution in [0.15, 0.2) is 0 Å². The van der Waals surface area contributed by atoms with Crippen molar-refractivity contribution in [3.63, 3.8) is 0 Å². The van der Waals surface area contributed by atoms with Gasteiger partial charge in [0.25, 0.3) is 0 Å². The van der Waals surface area contributed by atoms with Crippen LogP contribution in [-0.2, 0) is 9.53 Å². The number of esters is 1. The van der Waals surface area contributed by atoms with Crippen molar-refractivity contribution in [3.05, 3.63) is 0 Å². The first kappa shape index (κ1) is 16.4. The number of carbonyl (C=O) groups excluding carboxylic acids is 1. The Morgan fingerprint density at radius 3 is 2.12 bits per heavy atom. The summed E-state index contributed by atoms with van der Waals surface area (Å²) >= 11 is 0. The van der Waals surface area contributed by atoms with Gasteiger partial charge in [-0.15, -0.1) is 0 Å².